The zero-order chi connectivity index (χ0) is 20.8. The second-order valence-electron chi connectivity index (χ2n) is 8.16. The number of esters is 1. The topological polar surface area (TPSA) is 86.0 Å². The van der Waals surface area contributed by atoms with Gasteiger partial charge in [-0.2, -0.15) is 0 Å². The van der Waals surface area contributed by atoms with E-state index in [2.05, 4.69) is 24.6 Å². The molecule has 3 aromatic heterocycles. The van der Waals surface area contributed by atoms with Crippen molar-refractivity contribution in [3.8, 4) is 0 Å². The molecule has 3 aromatic rings. The van der Waals surface area contributed by atoms with Crippen LogP contribution in [0.1, 0.15) is 71.5 Å². The molecule has 0 amide bonds. The normalized spacial score (nSPS) is 19.4. The molecule has 1 aliphatic heterocycles. The second kappa shape index (κ2) is 7.61. The summed E-state index contributed by atoms with van der Waals surface area (Å²) in [7, 11) is 0. The molecule has 1 saturated carbocycles. The Bertz CT molecular complexity index is 1100. The van der Waals surface area contributed by atoms with Crippen molar-refractivity contribution in [3.63, 3.8) is 0 Å². The molecule has 0 spiro atoms. The fraction of sp³-hybridized carbons (Fsp3) is 0.571. The monoisotopic (exact) mass is 426 g/mol. The summed E-state index contributed by atoms with van der Waals surface area (Å²) in [6.07, 6.45) is 6.50. The van der Waals surface area contributed by atoms with Crippen LogP contribution in [-0.4, -0.2) is 50.4 Å². The average molecular weight is 427 g/mol. The highest BCUT2D eigenvalue weighted by atomic mass is 32.1. The Morgan fingerprint density at radius 2 is 2.10 bits per heavy atom. The molecule has 158 valence electrons. The Labute approximate surface area is 179 Å². The van der Waals surface area contributed by atoms with Crippen LogP contribution < -0.4 is 4.90 Å². The minimum Gasteiger partial charge on any atom is -0.462 e. The molecule has 30 heavy (non-hydrogen) atoms. The van der Waals surface area contributed by atoms with E-state index in [4.69, 9.17) is 9.72 Å². The van der Waals surface area contributed by atoms with Crippen molar-refractivity contribution in [2.24, 2.45) is 0 Å². The van der Waals surface area contributed by atoms with E-state index in [1.165, 1.54) is 24.2 Å². The third-order valence-corrected chi connectivity index (χ3v) is 7.14. The Balaban J connectivity index is 1.52. The number of piperidine rings is 1. The van der Waals surface area contributed by atoms with E-state index < -0.39 is 0 Å². The number of thiophene rings is 1. The summed E-state index contributed by atoms with van der Waals surface area (Å²) in [6, 6.07) is 0.574. The molecule has 1 unspecified atom stereocenters. The van der Waals surface area contributed by atoms with Crippen molar-refractivity contribution in [3.05, 3.63) is 28.4 Å². The molecule has 2 aliphatic rings. The second-order valence-corrected chi connectivity index (χ2v) is 9.16. The smallest absolute Gasteiger partial charge is 0.348 e. The van der Waals surface area contributed by atoms with E-state index in [1.54, 1.807) is 0 Å². The number of nitrogens with zero attached hydrogens (tertiary/aromatic N) is 6. The first-order chi connectivity index (χ1) is 14.6. The van der Waals surface area contributed by atoms with Crippen LogP contribution in [0.25, 0.3) is 10.2 Å². The van der Waals surface area contributed by atoms with Crippen molar-refractivity contribution in [2.75, 3.05) is 24.6 Å². The summed E-state index contributed by atoms with van der Waals surface area (Å²) in [5.74, 6) is 2.78. The van der Waals surface area contributed by atoms with Gasteiger partial charge in [0.1, 0.15) is 33.5 Å². The van der Waals surface area contributed by atoms with Crippen molar-refractivity contribution >= 4 is 33.3 Å². The van der Waals surface area contributed by atoms with Crippen molar-refractivity contribution in [2.45, 2.75) is 58.4 Å². The van der Waals surface area contributed by atoms with Gasteiger partial charge >= 0.3 is 5.97 Å². The van der Waals surface area contributed by atoms with Crippen LogP contribution in [0.3, 0.4) is 0 Å². The first-order valence-electron chi connectivity index (χ1n) is 10.7. The lowest BCUT2D eigenvalue weighted by atomic mass is 9.96. The maximum absolute atomic E-state index is 12.4. The van der Waals surface area contributed by atoms with E-state index in [0.717, 1.165) is 59.2 Å². The molecule has 0 bridgehead atoms. The molecule has 8 nitrogen and oxygen atoms in total. The molecule has 1 atom stereocenters. The number of fused-ring (bicyclic) bond motifs is 1. The first kappa shape index (κ1) is 19.4. The lowest BCUT2D eigenvalue weighted by Crippen LogP contribution is -2.36. The number of anilines is 1. The van der Waals surface area contributed by atoms with Gasteiger partial charge in [-0.1, -0.05) is 0 Å². The lowest BCUT2D eigenvalue weighted by molar-refractivity contribution is 0.0531. The van der Waals surface area contributed by atoms with E-state index in [9.17, 15) is 4.79 Å². The molecule has 5 rings (SSSR count). The predicted molar refractivity (Wildman–Crippen MR) is 115 cm³/mol. The van der Waals surface area contributed by atoms with Crippen LogP contribution >= 0.6 is 11.3 Å². The molecule has 0 aromatic carbocycles. The summed E-state index contributed by atoms with van der Waals surface area (Å²) < 4.78 is 7.52. The quantitative estimate of drug-likeness (QED) is 0.574. The van der Waals surface area contributed by atoms with E-state index in [1.807, 2.05) is 27.1 Å². The third-order valence-electron chi connectivity index (χ3n) is 5.97. The molecular weight excluding hydrogens is 400 g/mol. The Morgan fingerprint density at radius 3 is 2.87 bits per heavy atom. The predicted octanol–water partition coefficient (Wildman–Crippen LogP) is 3.80. The van der Waals surface area contributed by atoms with E-state index in [-0.39, 0.29) is 5.97 Å². The number of carbonyl (C=O) groups is 1. The molecule has 1 saturated heterocycles. The summed E-state index contributed by atoms with van der Waals surface area (Å²) in [5.41, 5.74) is 0.909. The number of carbonyl (C=O) groups excluding carboxylic acids is 1. The third kappa shape index (κ3) is 3.34. The van der Waals surface area contributed by atoms with Crippen LogP contribution in [0.5, 0.6) is 0 Å². The average Bonchev–Trinajstić information content (AvgIpc) is 3.37. The number of aryl methyl sites for hydroxylation is 2. The van der Waals surface area contributed by atoms with Gasteiger partial charge in [0.25, 0.3) is 0 Å². The van der Waals surface area contributed by atoms with Gasteiger partial charge in [0.05, 0.1) is 12.0 Å². The first-order valence-corrected chi connectivity index (χ1v) is 11.5. The van der Waals surface area contributed by atoms with Crippen LogP contribution in [0.4, 0.5) is 5.82 Å². The highest BCUT2D eigenvalue weighted by molar-refractivity contribution is 7.20. The summed E-state index contributed by atoms with van der Waals surface area (Å²) in [6.45, 7) is 7.85. The largest absolute Gasteiger partial charge is 0.462 e. The Morgan fingerprint density at radius 1 is 1.27 bits per heavy atom. The number of rotatable bonds is 5. The highest BCUT2D eigenvalue weighted by Crippen LogP contribution is 2.40. The Kier molecular flexibility index (Phi) is 4.92. The SMILES string of the molecule is CCOC(=O)c1sc2nc(C)nc(N3CCCC(c4nncn4C4CC4)C3)c2c1C. The standard InChI is InChI=1S/C21H26N6O2S/c1-4-29-21(28)17-12(2)16-19(23-13(3)24-20(16)30-17)26-9-5-6-14(10-26)18-25-22-11-27(18)15-7-8-15/h11,14-15H,4-10H2,1-3H3. The fourth-order valence-electron chi connectivity index (χ4n) is 4.40. The van der Waals surface area contributed by atoms with Crippen molar-refractivity contribution in [1.29, 1.82) is 0 Å². The van der Waals surface area contributed by atoms with Crippen LogP contribution in [0.2, 0.25) is 0 Å². The molecular formula is C21H26N6O2S. The minimum absolute atomic E-state index is 0.282. The fourth-order valence-corrected chi connectivity index (χ4v) is 5.51. The van der Waals surface area contributed by atoms with Gasteiger partial charge in [0.15, 0.2) is 0 Å². The van der Waals surface area contributed by atoms with Crippen molar-refractivity contribution in [1.82, 2.24) is 24.7 Å². The van der Waals surface area contributed by atoms with Gasteiger partial charge in [0.2, 0.25) is 0 Å². The summed E-state index contributed by atoms with van der Waals surface area (Å²) >= 11 is 1.40. The maximum atomic E-state index is 12.4. The lowest BCUT2D eigenvalue weighted by Gasteiger charge is -2.33. The number of hydrogen-bond acceptors (Lipinski definition) is 8. The van der Waals surface area contributed by atoms with Crippen LogP contribution in [-0.2, 0) is 4.74 Å². The highest BCUT2D eigenvalue weighted by Gasteiger charge is 2.33. The van der Waals surface area contributed by atoms with Gasteiger partial charge in [-0.15, -0.1) is 21.5 Å². The van der Waals surface area contributed by atoms with Crippen LogP contribution in [0.15, 0.2) is 6.33 Å². The molecule has 0 N–H and O–H groups in total. The van der Waals surface area contributed by atoms with Gasteiger partial charge in [-0.25, -0.2) is 14.8 Å². The number of aromatic nitrogens is 5. The van der Waals surface area contributed by atoms with Crippen LogP contribution in [0, 0.1) is 13.8 Å². The van der Waals surface area contributed by atoms with E-state index in [0.29, 0.717) is 23.4 Å². The van der Waals surface area contributed by atoms with E-state index >= 15 is 0 Å². The summed E-state index contributed by atoms with van der Waals surface area (Å²) in [5, 5.41) is 9.63. The van der Waals surface area contributed by atoms with Crippen molar-refractivity contribution < 1.29 is 9.53 Å². The van der Waals surface area contributed by atoms with Gasteiger partial charge in [0, 0.05) is 25.0 Å². The molecule has 4 heterocycles. The van der Waals surface area contributed by atoms with Gasteiger partial charge < -0.3 is 14.2 Å². The summed E-state index contributed by atoms with van der Waals surface area (Å²) in [4.78, 5) is 25.7. The van der Waals surface area contributed by atoms with Gasteiger partial charge in [-0.05, 0) is 52.0 Å². The molecule has 0 radical (unpaired) electrons. The molecule has 1 aliphatic carbocycles. The minimum atomic E-state index is -0.282. The number of hydrogen-bond donors (Lipinski definition) is 0. The molecule has 2 fully saturated rings. The molecule has 9 heteroatoms. The maximum Gasteiger partial charge on any atom is 0.348 e. The zero-order valence-electron chi connectivity index (χ0n) is 17.6. The van der Waals surface area contributed by atoms with Gasteiger partial charge in [-0.3, -0.25) is 0 Å². The Hall–Kier alpha value is -2.55. The number of ether oxygens (including phenoxy) is 1. The zero-order valence-corrected chi connectivity index (χ0v) is 18.4.